The molecule has 0 unspecified atom stereocenters. The molecule has 0 bridgehead atoms. The van der Waals surface area contributed by atoms with Gasteiger partial charge in [-0.15, -0.1) is 0 Å². The molecule has 9 heteroatoms. The van der Waals surface area contributed by atoms with E-state index in [2.05, 4.69) is 9.44 Å². The molecular weight excluding hydrogens is 331 g/mol. The minimum atomic E-state index is -3.93. The molecule has 2 rings (SSSR count). The van der Waals surface area contributed by atoms with Crippen molar-refractivity contribution in [2.75, 3.05) is 11.8 Å². The maximum absolute atomic E-state index is 13.1. The predicted molar refractivity (Wildman–Crippen MR) is 79.9 cm³/mol. The molecule has 2 aromatic rings. The quantitative estimate of drug-likeness (QED) is 0.860. The Kier molecular flexibility index (Phi) is 4.50. The van der Waals surface area contributed by atoms with Crippen LogP contribution in [-0.2, 0) is 20.0 Å². The van der Waals surface area contributed by atoms with Gasteiger partial charge in [0.15, 0.2) is 0 Å². The Hall–Kier alpha value is -1.97. The zero-order valence-corrected chi connectivity index (χ0v) is 13.1. The highest BCUT2D eigenvalue weighted by Crippen LogP contribution is 2.18. The third-order valence-electron chi connectivity index (χ3n) is 2.79. The second-order valence-corrected chi connectivity index (χ2v) is 7.86. The summed E-state index contributed by atoms with van der Waals surface area (Å²) in [5.74, 6) is -0.573. The molecule has 2 aromatic carbocycles. The highest BCUT2D eigenvalue weighted by Gasteiger charge is 2.17. The Morgan fingerprint density at radius 2 is 1.41 bits per heavy atom. The van der Waals surface area contributed by atoms with E-state index in [0.717, 1.165) is 18.2 Å². The number of hydrogen-bond donors (Lipinski definition) is 2. The number of rotatable bonds is 5. The van der Waals surface area contributed by atoms with Crippen LogP contribution in [0.15, 0.2) is 58.3 Å². The first-order valence-corrected chi connectivity index (χ1v) is 9.03. The average molecular weight is 344 g/mol. The topological polar surface area (TPSA) is 92.3 Å². The summed E-state index contributed by atoms with van der Waals surface area (Å²) in [7, 11) is -6.32. The van der Waals surface area contributed by atoms with E-state index in [0.29, 0.717) is 0 Å². The summed E-state index contributed by atoms with van der Waals surface area (Å²) in [6.07, 6.45) is 0. The average Bonchev–Trinajstić information content (AvgIpc) is 2.47. The van der Waals surface area contributed by atoms with Crippen LogP contribution in [0.4, 0.5) is 10.1 Å². The fourth-order valence-corrected chi connectivity index (χ4v) is 3.46. The Morgan fingerprint density at radius 3 is 1.91 bits per heavy atom. The van der Waals surface area contributed by atoms with Gasteiger partial charge in [0.25, 0.3) is 10.0 Å². The van der Waals surface area contributed by atoms with Crippen LogP contribution in [0.5, 0.6) is 0 Å². The first-order chi connectivity index (χ1) is 10.2. The third kappa shape index (κ3) is 3.62. The second-order valence-electron chi connectivity index (χ2n) is 4.29. The summed E-state index contributed by atoms with van der Waals surface area (Å²) >= 11 is 0. The zero-order valence-electron chi connectivity index (χ0n) is 11.4. The monoisotopic (exact) mass is 344 g/mol. The van der Waals surface area contributed by atoms with E-state index in [1.165, 1.54) is 37.4 Å². The summed E-state index contributed by atoms with van der Waals surface area (Å²) in [6, 6.07) is 9.67. The summed E-state index contributed by atoms with van der Waals surface area (Å²) < 4.78 is 64.8. The van der Waals surface area contributed by atoms with Crippen LogP contribution in [0, 0.1) is 5.82 Å². The lowest BCUT2D eigenvalue weighted by Gasteiger charge is -2.09. The van der Waals surface area contributed by atoms with Gasteiger partial charge in [0, 0.05) is 0 Å². The molecule has 0 spiro atoms. The summed E-state index contributed by atoms with van der Waals surface area (Å²) in [6.45, 7) is 0. The molecule has 0 saturated carbocycles. The molecule has 6 nitrogen and oxygen atoms in total. The van der Waals surface area contributed by atoms with Crippen LogP contribution >= 0.6 is 0 Å². The van der Waals surface area contributed by atoms with Crippen LogP contribution in [0.3, 0.4) is 0 Å². The van der Waals surface area contributed by atoms with Gasteiger partial charge < -0.3 is 0 Å². The molecule has 118 valence electrons. The van der Waals surface area contributed by atoms with Gasteiger partial charge in [-0.25, -0.2) is 25.9 Å². The number of sulfonamides is 2. The van der Waals surface area contributed by atoms with Crippen molar-refractivity contribution in [2.45, 2.75) is 9.79 Å². The standard InChI is InChI=1S/C13H13FN2O4S2/c1-15-21(17,18)12-5-7-13(8-6-12)22(19,20)16-11-4-2-3-10(14)9-11/h2-9,15-16H,1H3. The van der Waals surface area contributed by atoms with Gasteiger partial charge in [-0.1, -0.05) is 6.07 Å². The van der Waals surface area contributed by atoms with E-state index < -0.39 is 25.9 Å². The normalized spacial score (nSPS) is 12.1. The molecule has 0 heterocycles. The molecular formula is C13H13FN2O4S2. The van der Waals surface area contributed by atoms with E-state index >= 15 is 0 Å². The van der Waals surface area contributed by atoms with Crippen LogP contribution in [0.2, 0.25) is 0 Å². The summed E-state index contributed by atoms with van der Waals surface area (Å²) in [5.41, 5.74) is 0.0759. The van der Waals surface area contributed by atoms with Crippen LogP contribution in [-0.4, -0.2) is 23.9 Å². The molecule has 0 amide bonds. The van der Waals surface area contributed by atoms with Crippen molar-refractivity contribution < 1.29 is 21.2 Å². The van der Waals surface area contributed by atoms with Gasteiger partial charge in [0.1, 0.15) is 5.82 Å². The Labute approximate surface area is 128 Å². The van der Waals surface area contributed by atoms with E-state index in [4.69, 9.17) is 0 Å². The van der Waals surface area contributed by atoms with Crippen LogP contribution in [0.25, 0.3) is 0 Å². The molecule has 0 fully saturated rings. The van der Waals surface area contributed by atoms with E-state index in [-0.39, 0.29) is 15.5 Å². The minimum Gasteiger partial charge on any atom is -0.280 e. The Morgan fingerprint density at radius 1 is 0.864 bits per heavy atom. The highest BCUT2D eigenvalue weighted by atomic mass is 32.2. The molecule has 0 saturated heterocycles. The van der Waals surface area contributed by atoms with Crippen LogP contribution < -0.4 is 9.44 Å². The number of nitrogens with one attached hydrogen (secondary N) is 2. The van der Waals surface area contributed by atoms with E-state index in [1.807, 2.05) is 0 Å². The fourth-order valence-electron chi connectivity index (χ4n) is 1.68. The van der Waals surface area contributed by atoms with Gasteiger partial charge in [0.2, 0.25) is 10.0 Å². The largest absolute Gasteiger partial charge is 0.280 e. The van der Waals surface area contributed by atoms with Crippen molar-refractivity contribution >= 4 is 25.7 Å². The van der Waals surface area contributed by atoms with Gasteiger partial charge in [-0.2, -0.15) is 0 Å². The lowest BCUT2D eigenvalue weighted by atomic mass is 10.3. The van der Waals surface area contributed by atoms with E-state index in [1.54, 1.807) is 0 Å². The number of hydrogen-bond acceptors (Lipinski definition) is 4. The number of halogens is 1. The number of anilines is 1. The van der Waals surface area contributed by atoms with Crippen molar-refractivity contribution in [3.63, 3.8) is 0 Å². The maximum atomic E-state index is 13.1. The molecule has 0 aromatic heterocycles. The van der Waals surface area contributed by atoms with Crippen molar-refractivity contribution in [1.29, 1.82) is 0 Å². The summed E-state index contributed by atoms with van der Waals surface area (Å²) in [4.78, 5) is -0.188. The SMILES string of the molecule is CNS(=O)(=O)c1ccc(S(=O)(=O)Nc2cccc(F)c2)cc1. The second kappa shape index (κ2) is 6.03. The Bertz CT molecular complexity index is 879. The van der Waals surface area contributed by atoms with Gasteiger partial charge in [0.05, 0.1) is 15.5 Å². The van der Waals surface area contributed by atoms with E-state index in [9.17, 15) is 21.2 Å². The lowest BCUT2D eigenvalue weighted by molar-refractivity contribution is 0.587. The zero-order chi connectivity index (χ0) is 16.4. The molecule has 0 aliphatic carbocycles. The van der Waals surface area contributed by atoms with Crippen molar-refractivity contribution in [3.8, 4) is 0 Å². The minimum absolute atomic E-state index is 0.0558. The van der Waals surface area contributed by atoms with Gasteiger partial charge in [-0.05, 0) is 49.5 Å². The summed E-state index contributed by atoms with van der Waals surface area (Å²) in [5, 5.41) is 0. The molecule has 0 radical (unpaired) electrons. The maximum Gasteiger partial charge on any atom is 0.261 e. The fraction of sp³-hybridized carbons (Fsp3) is 0.0769. The molecule has 0 aliphatic rings. The van der Waals surface area contributed by atoms with Gasteiger partial charge in [-0.3, -0.25) is 4.72 Å². The molecule has 0 atom stereocenters. The van der Waals surface area contributed by atoms with Crippen LogP contribution in [0.1, 0.15) is 0 Å². The van der Waals surface area contributed by atoms with Crippen molar-refractivity contribution in [2.24, 2.45) is 0 Å². The third-order valence-corrected chi connectivity index (χ3v) is 5.62. The smallest absolute Gasteiger partial charge is 0.261 e. The van der Waals surface area contributed by atoms with Gasteiger partial charge >= 0.3 is 0 Å². The first-order valence-electron chi connectivity index (χ1n) is 6.06. The predicted octanol–water partition coefficient (Wildman–Crippen LogP) is 1.53. The Balaban J connectivity index is 2.31. The van der Waals surface area contributed by atoms with Crippen molar-refractivity contribution in [3.05, 3.63) is 54.3 Å². The highest BCUT2D eigenvalue weighted by molar-refractivity contribution is 7.92. The number of benzene rings is 2. The van der Waals surface area contributed by atoms with Crippen molar-refractivity contribution in [1.82, 2.24) is 4.72 Å². The molecule has 0 aliphatic heterocycles. The molecule has 2 N–H and O–H groups in total. The first kappa shape index (κ1) is 16.4. The molecule has 22 heavy (non-hydrogen) atoms. The lowest BCUT2D eigenvalue weighted by Crippen LogP contribution is -2.19.